The van der Waals surface area contributed by atoms with Gasteiger partial charge in [0.25, 0.3) is 5.91 Å². The van der Waals surface area contributed by atoms with Crippen molar-refractivity contribution < 1.29 is 14.3 Å². The Morgan fingerprint density at radius 1 is 1.18 bits per heavy atom. The van der Waals surface area contributed by atoms with Crippen LogP contribution in [0.2, 0.25) is 0 Å². The summed E-state index contributed by atoms with van der Waals surface area (Å²) < 4.78 is 5.69. The Morgan fingerprint density at radius 3 is 2.64 bits per heavy atom. The molecule has 0 bridgehead atoms. The molecule has 1 aliphatic heterocycles. The lowest BCUT2D eigenvalue weighted by Crippen LogP contribution is -2.28. The molecule has 0 aliphatic carbocycles. The molecule has 28 heavy (non-hydrogen) atoms. The van der Waals surface area contributed by atoms with Crippen LogP contribution >= 0.6 is 0 Å². The number of hydrogen-bond donors (Lipinski definition) is 1. The van der Waals surface area contributed by atoms with Crippen LogP contribution in [0.5, 0.6) is 5.75 Å². The minimum Gasteiger partial charge on any atom is -0.492 e. The Balaban J connectivity index is 1.45. The molecule has 148 valence electrons. The van der Waals surface area contributed by atoms with Gasteiger partial charge in [0, 0.05) is 25.1 Å². The van der Waals surface area contributed by atoms with E-state index in [1.54, 1.807) is 6.07 Å². The maximum atomic E-state index is 12.4. The predicted octanol–water partition coefficient (Wildman–Crippen LogP) is 3.74. The van der Waals surface area contributed by atoms with Crippen LogP contribution in [0.15, 0.2) is 48.5 Å². The van der Waals surface area contributed by atoms with Crippen LogP contribution in [-0.2, 0) is 11.3 Å². The first-order valence-electron chi connectivity index (χ1n) is 9.90. The van der Waals surface area contributed by atoms with Gasteiger partial charge in [0.15, 0.2) is 0 Å². The van der Waals surface area contributed by atoms with E-state index in [0.29, 0.717) is 37.6 Å². The van der Waals surface area contributed by atoms with Crippen LogP contribution in [0.25, 0.3) is 0 Å². The van der Waals surface area contributed by atoms with E-state index in [4.69, 9.17) is 4.74 Å². The van der Waals surface area contributed by atoms with E-state index < -0.39 is 0 Å². The third-order valence-corrected chi connectivity index (χ3v) is 4.94. The number of rotatable bonds is 8. The summed E-state index contributed by atoms with van der Waals surface area (Å²) in [5, 5.41) is 2.88. The number of nitrogens with zero attached hydrogens (tertiary/aromatic N) is 1. The lowest BCUT2D eigenvalue weighted by molar-refractivity contribution is -0.128. The molecule has 0 unspecified atom stereocenters. The number of carbonyl (C=O) groups is 2. The van der Waals surface area contributed by atoms with Crippen LogP contribution in [0.1, 0.15) is 54.1 Å². The van der Waals surface area contributed by atoms with E-state index in [1.165, 1.54) is 5.56 Å². The first-order valence-corrected chi connectivity index (χ1v) is 9.90. The van der Waals surface area contributed by atoms with Gasteiger partial charge in [0.1, 0.15) is 12.4 Å². The third kappa shape index (κ3) is 5.35. The van der Waals surface area contributed by atoms with Gasteiger partial charge in [-0.05, 0) is 47.7 Å². The maximum absolute atomic E-state index is 12.4. The fraction of sp³-hybridized carbons (Fsp3) is 0.391. The van der Waals surface area contributed by atoms with Crippen molar-refractivity contribution in [3.8, 4) is 5.75 Å². The second-order valence-corrected chi connectivity index (χ2v) is 7.45. The van der Waals surface area contributed by atoms with Crippen molar-refractivity contribution >= 4 is 11.8 Å². The van der Waals surface area contributed by atoms with Gasteiger partial charge in [-0.15, -0.1) is 0 Å². The van der Waals surface area contributed by atoms with Crippen LogP contribution < -0.4 is 10.1 Å². The number of benzene rings is 2. The molecule has 1 N–H and O–H groups in total. The summed E-state index contributed by atoms with van der Waals surface area (Å²) in [5.41, 5.74) is 2.85. The van der Waals surface area contributed by atoms with E-state index in [9.17, 15) is 9.59 Å². The number of ether oxygens (including phenoxy) is 1. The van der Waals surface area contributed by atoms with Gasteiger partial charge in [0.05, 0.1) is 6.54 Å². The van der Waals surface area contributed by atoms with Crippen LogP contribution in [-0.4, -0.2) is 36.4 Å². The Hall–Kier alpha value is -2.82. The summed E-state index contributed by atoms with van der Waals surface area (Å²) in [4.78, 5) is 26.0. The lowest BCUT2D eigenvalue weighted by Gasteiger charge is -2.16. The van der Waals surface area contributed by atoms with Crippen molar-refractivity contribution in [2.75, 3.05) is 19.7 Å². The zero-order valence-corrected chi connectivity index (χ0v) is 16.6. The highest BCUT2D eigenvalue weighted by atomic mass is 16.5. The Labute approximate surface area is 166 Å². The molecule has 3 rings (SSSR count). The minimum atomic E-state index is -0.131. The monoisotopic (exact) mass is 380 g/mol. The lowest BCUT2D eigenvalue weighted by atomic mass is 10.0. The van der Waals surface area contributed by atoms with Crippen molar-refractivity contribution in [3.05, 3.63) is 65.2 Å². The molecule has 0 radical (unpaired) electrons. The molecule has 0 atom stereocenters. The number of amides is 2. The normalized spacial score (nSPS) is 13.8. The second kappa shape index (κ2) is 9.40. The highest BCUT2D eigenvalue weighted by Crippen LogP contribution is 2.18. The fourth-order valence-electron chi connectivity index (χ4n) is 3.29. The summed E-state index contributed by atoms with van der Waals surface area (Å²) in [6.07, 6.45) is 1.54. The topological polar surface area (TPSA) is 58.6 Å². The highest BCUT2D eigenvalue weighted by molar-refractivity contribution is 5.94. The van der Waals surface area contributed by atoms with E-state index in [1.807, 2.05) is 35.2 Å². The molecule has 2 amide bonds. The summed E-state index contributed by atoms with van der Waals surface area (Å²) in [5.74, 6) is 1.35. The zero-order valence-electron chi connectivity index (χ0n) is 16.6. The third-order valence-electron chi connectivity index (χ3n) is 4.94. The van der Waals surface area contributed by atoms with Crippen molar-refractivity contribution in [2.24, 2.45) is 0 Å². The van der Waals surface area contributed by atoms with Crippen LogP contribution in [0, 0.1) is 0 Å². The van der Waals surface area contributed by atoms with Gasteiger partial charge >= 0.3 is 0 Å². The van der Waals surface area contributed by atoms with Gasteiger partial charge in [-0.3, -0.25) is 9.59 Å². The summed E-state index contributed by atoms with van der Waals surface area (Å²) >= 11 is 0. The molecule has 0 saturated carbocycles. The van der Waals surface area contributed by atoms with Crippen molar-refractivity contribution in [1.29, 1.82) is 0 Å². The van der Waals surface area contributed by atoms with E-state index in [0.717, 1.165) is 24.3 Å². The molecular weight excluding hydrogens is 352 g/mol. The smallest absolute Gasteiger partial charge is 0.251 e. The Morgan fingerprint density at radius 2 is 1.96 bits per heavy atom. The Kier molecular flexibility index (Phi) is 6.69. The standard InChI is InChI=1S/C23H28N2O3/c1-17(2)19-8-10-21(11-9-19)28-14-12-24-23(27)20-6-3-5-18(15-20)16-25-13-4-7-22(25)26/h3,5-6,8-11,15,17H,4,7,12-14,16H2,1-2H3,(H,24,27). The first kappa shape index (κ1) is 19.9. The van der Waals surface area contributed by atoms with E-state index >= 15 is 0 Å². The van der Waals surface area contributed by atoms with E-state index in [2.05, 4.69) is 31.3 Å². The molecule has 1 aliphatic rings. The second-order valence-electron chi connectivity index (χ2n) is 7.45. The van der Waals surface area contributed by atoms with Crippen LogP contribution in [0.4, 0.5) is 0 Å². The Bertz CT molecular complexity index is 815. The largest absolute Gasteiger partial charge is 0.492 e. The molecule has 0 spiro atoms. The number of hydrogen-bond acceptors (Lipinski definition) is 3. The summed E-state index contributed by atoms with van der Waals surface area (Å²) in [7, 11) is 0. The summed E-state index contributed by atoms with van der Waals surface area (Å²) in [6, 6.07) is 15.5. The molecule has 5 heteroatoms. The van der Waals surface area contributed by atoms with Crippen LogP contribution in [0.3, 0.4) is 0 Å². The SMILES string of the molecule is CC(C)c1ccc(OCCNC(=O)c2cccc(CN3CCCC3=O)c2)cc1. The maximum Gasteiger partial charge on any atom is 0.251 e. The fourth-order valence-corrected chi connectivity index (χ4v) is 3.29. The molecule has 2 aromatic rings. The van der Waals surface area contributed by atoms with Crippen molar-refractivity contribution in [1.82, 2.24) is 10.2 Å². The van der Waals surface area contributed by atoms with Gasteiger partial charge in [0.2, 0.25) is 5.91 Å². The average Bonchev–Trinajstić information content (AvgIpc) is 3.10. The number of nitrogens with one attached hydrogen (secondary N) is 1. The van der Waals surface area contributed by atoms with Crippen molar-refractivity contribution in [3.63, 3.8) is 0 Å². The minimum absolute atomic E-state index is 0.131. The zero-order chi connectivity index (χ0) is 19.9. The van der Waals surface area contributed by atoms with Crippen molar-refractivity contribution in [2.45, 2.75) is 39.2 Å². The van der Waals surface area contributed by atoms with E-state index in [-0.39, 0.29) is 11.8 Å². The highest BCUT2D eigenvalue weighted by Gasteiger charge is 2.20. The molecule has 5 nitrogen and oxygen atoms in total. The quantitative estimate of drug-likeness (QED) is 0.710. The summed E-state index contributed by atoms with van der Waals surface area (Å²) in [6.45, 7) is 6.52. The molecule has 2 aromatic carbocycles. The molecule has 1 heterocycles. The molecule has 1 fully saturated rings. The van der Waals surface area contributed by atoms with Gasteiger partial charge in [-0.25, -0.2) is 0 Å². The number of likely N-dealkylation sites (tertiary alicyclic amines) is 1. The average molecular weight is 380 g/mol. The van der Waals surface area contributed by atoms with Gasteiger partial charge in [-0.1, -0.05) is 38.1 Å². The van der Waals surface area contributed by atoms with Gasteiger partial charge < -0.3 is 15.0 Å². The molecular formula is C23H28N2O3. The first-order chi connectivity index (χ1) is 13.5. The number of carbonyl (C=O) groups excluding carboxylic acids is 2. The van der Waals surface area contributed by atoms with Gasteiger partial charge in [-0.2, -0.15) is 0 Å². The molecule has 1 saturated heterocycles. The molecule has 0 aromatic heterocycles. The predicted molar refractivity (Wildman–Crippen MR) is 109 cm³/mol.